The molecule has 3 N–H and O–H groups in total. The third kappa shape index (κ3) is 5.75. The lowest BCUT2D eigenvalue weighted by Crippen LogP contribution is -2.49. The SMILES string of the molecule is COc1ccc(OCC(=O)NC(=S)NNC(=O)c2ccccc2C)cc1. The predicted molar refractivity (Wildman–Crippen MR) is 101 cm³/mol. The van der Waals surface area contributed by atoms with Crippen LogP contribution in [0.1, 0.15) is 15.9 Å². The van der Waals surface area contributed by atoms with Gasteiger partial charge in [-0.2, -0.15) is 0 Å². The van der Waals surface area contributed by atoms with Gasteiger partial charge >= 0.3 is 0 Å². The Balaban J connectivity index is 1.73. The molecule has 0 atom stereocenters. The number of hydrazine groups is 1. The molecule has 0 spiro atoms. The Morgan fingerprint density at radius 1 is 1.00 bits per heavy atom. The quantitative estimate of drug-likeness (QED) is 0.546. The van der Waals surface area contributed by atoms with Crippen molar-refractivity contribution in [2.45, 2.75) is 6.92 Å². The number of benzene rings is 2. The minimum Gasteiger partial charge on any atom is -0.497 e. The summed E-state index contributed by atoms with van der Waals surface area (Å²) >= 11 is 4.97. The highest BCUT2D eigenvalue weighted by atomic mass is 32.1. The van der Waals surface area contributed by atoms with Crippen LogP contribution in [-0.2, 0) is 4.79 Å². The van der Waals surface area contributed by atoms with Gasteiger partial charge in [0, 0.05) is 5.56 Å². The molecule has 0 aromatic heterocycles. The molecule has 0 aliphatic carbocycles. The zero-order valence-corrected chi connectivity index (χ0v) is 15.2. The van der Waals surface area contributed by atoms with E-state index in [-0.39, 0.29) is 17.6 Å². The van der Waals surface area contributed by atoms with Crippen molar-refractivity contribution in [3.63, 3.8) is 0 Å². The number of aryl methyl sites for hydroxylation is 1. The third-order valence-electron chi connectivity index (χ3n) is 3.36. The molecular formula is C18H19N3O4S. The number of methoxy groups -OCH3 is 1. The summed E-state index contributed by atoms with van der Waals surface area (Å²) in [6, 6.07) is 13.9. The van der Waals surface area contributed by atoms with Crippen molar-refractivity contribution < 1.29 is 19.1 Å². The van der Waals surface area contributed by atoms with Crippen LogP contribution in [0.4, 0.5) is 0 Å². The Kier molecular flexibility index (Phi) is 6.92. The smallest absolute Gasteiger partial charge is 0.269 e. The van der Waals surface area contributed by atoms with E-state index in [0.29, 0.717) is 17.1 Å². The van der Waals surface area contributed by atoms with Crippen molar-refractivity contribution in [1.29, 1.82) is 0 Å². The normalized spacial score (nSPS) is 9.77. The maximum atomic E-state index is 12.0. The first-order chi connectivity index (χ1) is 12.5. The average molecular weight is 373 g/mol. The molecule has 136 valence electrons. The lowest BCUT2D eigenvalue weighted by Gasteiger charge is -2.12. The summed E-state index contributed by atoms with van der Waals surface area (Å²) in [5, 5.41) is 2.38. The fraction of sp³-hybridized carbons (Fsp3) is 0.167. The largest absolute Gasteiger partial charge is 0.497 e. The zero-order chi connectivity index (χ0) is 18.9. The molecule has 0 saturated carbocycles. The first-order valence-corrected chi connectivity index (χ1v) is 8.13. The van der Waals surface area contributed by atoms with Gasteiger partial charge in [-0.3, -0.25) is 25.8 Å². The second-order valence-corrected chi connectivity index (χ2v) is 5.64. The maximum absolute atomic E-state index is 12.0. The highest BCUT2D eigenvalue weighted by Crippen LogP contribution is 2.16. The summed E-state index contributed by atoms with van der Waals surface area (Å²) in [5.74, 6) is 0.405. The van der Waals surface area contributed by atoms with Crippen LogP contribution >= 0.6 is 12.2 Å². The number of ether oxygens (including phenoxy) is 2. The van der Waals surface area contributed by atoms with Gasteiger partial charge in [-0.1, -0.05) is 18.2 Å². The predicted octanol–water partition coefficient (Wildman–Crippen LogP) is 1.72. The molecule has 2 rings (SSSR count). The highest BCUT2D eigenvalue weighted by molar-refractivity contribution is 7.80. The molecule has 2 aromatic rings. The van der Waals surface area contributed by atoms with Gasteiger partial charge in [-0.15, -0.1) is 0 Å². The van der Waals surface area contributed by atoms with E-state index in [2.05, 4.69) is 16.2 Å². The molecule has 26 heavy (non-hydrogen) atoms. The minimum absolute atomic E-state index is 0.0322. The third-order valence-corrected chi connectivity index (χ3v) is 3.57. The highest BCUT2D eigenvalue weighted by Gasteiger charge is 2.10. The van der Waals surface area contributed by atoms with Crippen LogP contribution in [0.2, 0.25) is 0 Å². The molecule has 2 amide bonds. The summed E-state index contributed by atoms with van der Waals surface area (Å²) in [7, 11) is 1.56. The molecular weight excluding hydrogens is 354 g/mol. The minimum atomic E-state index is -0.455. The lowest BCUT2D eigenvalue weighted by molar-refractivity contribution is -0.121. The number of thiocarbonyl (C=S) groups is 1. The number of carbonyl (C=O) groups excluding carboxylic acids is 2. The zero-order valence-electron chi connectivity index (χ0n) is 14.4. The van der Waals surface area contributed by atoms with Crippen LogP contribution in [-0.4, -0.2) is 30.6 Å². The van der Waals surface area contributed by atoms with Gasteiger partial charge in [0.05, 0.1) is 7.11 Å². The number of nitrogens with one attached hydrogen (secondary N) is 3. The second-order valence-electron chi connectivity index (χ2n) is 5.24. The molecule has 0 saturated heterocycles. The Morgan fingerprint density at radius 3 is 2.31 bits per heavy atom. The van der Waals surface area contributed by atoms with Gasteiger partial charge in [-0.25, -0.2) is 0 Å². The van der Waals surface area contributed by atoms with Gasteiger partial charge < -0.3 is 9.47 Å². The average Bonchev–Trinajstić information content (AvgIpc) is 2.65. The van der Waals surface area contributed by atoms with Crippen LogP contribution < -0.4 is 25.6 Å². The number of amides is 2. The molecule has 0 fully saturated rings. The maximum Gasteiger partial charge on any atom is 0.269 e. The van der Waals surface area contributed by atoms with Gasteiger partial charge in [0.1, 0.15) is 11.5 Å². The van der Waals surface area contributed by atoms with Gasteiger partial charge in [-0.05, 0) is 55.0 Å². The van der Waals surface area contributed by atoms with E-state index < -0.39 is 5.91 Å². The van der Waals surface area contributed by atoms with E-state index in [1.807, 2.05) is 19.1 Å². The second kappa shape index (κ2) is 9.38. The van der Waals surface area contributed by atoms with Crippen LogP contribution in [0.5, 0.6) is 11.5 Å². The van der Waals surface area contributed by atoms with Crippen molar-refractivity contribution in [3.05, 3.63) is 59.7 Å². The summed E-state index contributed by atoms with van der Waals surface area (Å²) in [4.78, 5) is 23.9. The molecule has 0 aliphatic rings. The number of hydrogen-bond donors (Lipinski definition) is 3. The van der Waals surface area contributed by atoms with Crippen LogP contribution in [0, 0.1) is 6.92 Å². The topological polar surface area (TPSA) is 88.7 Å². The van der Waals surface area contributed by atoms with E-state index in [0.717, 1.165) is 5.56 Å². The molecule has 0 heterocycles. The lowest BCUT2D eigenvalue weighted by atomic mass is 10.1. The Bertz CT molecular complexity index is 793. The number of rotatable bonds is 5. The molecule has 0 unspecified atom stereocenters. The van der Waals surface area contributed by atoms with Crippen LogP contribution in [0.3, 0.4) is 0 Å². The van der Waals surface area contributed by atoms with Gasteiger partial charge in [0.15, 0.2) is 11.7 Å². The molecule has 0 bridgehead atoms. The fourth-order valence-corrected chi connectivity index (χ4v) is 2.19. The monoisotopic (exact) mass is 373 g/mol. The standard InChI is InChI=1S/C18H19N3O4S/c1-12-5-3-4-6-15(12)17(23)20-21-18(26)19-16(22)11-25-14-9-7-13(24-2)8-10-14/h3-10H,11H2,1-2H3,(H,20,23)(H2,19,21,22,26). The van der Waals surface area contributed by atoms with E-state index >= 15 is 0 Å². The van der Waals surface area contributed by atoms with Crippen LogP contribution in [0.15, 0.2) is 48.5 Å². The van der Waals surface area contributed by atoms with Crippen LogP contribution in [0.25, 0.3) is 0 Å². The van der Waals surface area contributed by atoms with E-state index in [1.54, 1.807) is 43.5 Å². The summed E-state index contributed by atoms with van der Waals surface area (Å²) < 4.78 is 10.4. The first kappa shape index (κ1) is 19.2. The van der Waals surface area contributed by atoms with Gasteiger partial charge in [0.2, 0.25) is 0 Å². The van der Waals surface area contributed by atoms with Crippen molar-refractivity contribution in [3.8, 4) is 11.5 Å². The summed E-state index contributed by atoms with van der Waals surface area (Å²) in [6.45, 7) is 1.60. The number of carbonyl (C=O) groups is 2. The molecule has 2 aromatic carbocycles. The van der Waals surface area contributed by atoms with Crippen molar-refractivity contribution >= 4 is 29.1 Å². The van der Waals surface area contributed by atoms with Crippen molar-refractivity contribution in [1.82, 2.24) is 16.2 Å². The van der Waals surface area contributed by atoms with E-state index in [4.69, 9.17) is 21.7 Å². The van der Waals surface area contributed by atoms with E-state index in [9.17, 15) is 9.59 Å². The van der Waals surface area contributed by atoms with E-state index in [1.165, 1.54) is 0 Å². The van der Waals surface area contributed by atoms with Crippen molar-refractivity contribution in [2.24, 2.45) is 0 Å². The Hall–Kier alpha value is -3.13. The van der Waals surface area contributed by atoms with Gasteiger partial charge in [0.25, 0.3) is 11.8 Å². The summed E-state index contributed by atoms with van der Waals surface area (Å²) in [6.07, 6.45) is 0. The molecule has 0 aliphatic heterocycles. The number of hydrogen-bond acceptors (Lipinski definition) is 5. The first-order valence-electron chi connectivity index (χ1n) is 7.72. The molecule has 0 radical (unpaired) electrons. The molecule has 7 nitrogen and oxygen atoms in total. The Morgan fingerprint density at radius 2 is 1.65 bits per heavy atom. The molecule has 8 heteroatoms. The summed E-state index contributed by atoms with van der Waals surface area (Å²) in [5.41, 5.74) is 6.25. The Labute approximate surface area is 156 Å². The van der Waals surface area contributed by atoms with Crippen molar-refractivity contribution in [2.75, 3.05) is 13.7 Å². The fourth-order valence-electron chi connectivity index (χ4n) is 2.02.